The number of rotatable bonds is 16. The molecular formula is C24H38O4. The maximum Gasteiger partial charge on any atom is 0.382 e. The van der Waals surface area contributed by atoms with Crippen molar-refractivity contribution < 1.29 is 19.0 Å². The molecular weight excluding hydrogens is 352 g/mol. The minimum Gasteiger partial charge on any atom is -0.497 e. The number of ether oxygens (including phenoxy) is 3. The molecule has 0 bridgehead atoms. The molecule has 0 N–H and O–H groups in total. The van der Waals surface area contributed by atoms with Crippen molar-refractivity contribution in [1.29, 1.82) is 0 Å². The largest absolute Gasteiger partial charge is 0.497 e. The maximum absolute atomic E-state index is 12.3. The summed E-state index contributed by atoms with van der Waals surface area (Å²) < 4.78 is 16.2. The first-order valence-corrected chi connectivity index (χ1v) is 11.0. The lowest BCUT2D eigenvalue weighted by Gasteiger charge is -2.10. The molecule has 0 heterocycles. The molecule has 0 radical (unpaired) electrons. The SMILES string of the molecule is CCCCCCCCCc1ccc(OC(=O)C(=COCCC)OCCC)cc1. The fraction of sp³-hybridized carbons (Fsp3) is 0.625. The molecule has 0 fully saturated rings. The highest BCUT2D eigenvalue weighted by molar-refractivity contribution is 5.87. The fourth-order valence-corrected chi connectivity index (χ4v) is 2.77. The van der Waals surface area contributed by atoms with Crippen LogP contribution in [0.1, 0.15) is 84.1 Å². The first-order chi connectivity index (χ1) is 13.7. The molecule has 1 aromatic carbocycles. The molecule has 4 heteroatoms. The Balaban J connectivity index is 2.42. The third kappa shape index (κ3) is 11.0. The molecule has 0 unspecified atom stereocenters. The van der Waals surface area contributed by atoms with Crippen molar-refractivity contribution in [3.63, 3.8) is 0 Å². The summed E-state index contributed by atoms with van der Waals surface area (Å²) >= 11 is 0. The summed E-state index contributed by atoms with van der Waals surface area (Å²) in [5.74, 6) is 0.113. The minimum absolute atomic E-state index is 0.113. The van der Waals surface area contributed by atoms with Crippen molar-refractivity contribution in [2.24, 2.45) is 0 Å². The number of carbonyl (C=O) groups excluding carboxylic acids is 1. The quantitative estimate of drug-likeness (QED) is 0.105. The summed E-state index contributed by atoms with van der Waals surface area (Å²) in [6.07, 6.45) is 13.3. The molecule has 0 aliphatic rings. The number of hydrogen-bond donors (Lipinski definition) is 0. The highest BCUT2D eigenvalue weighted by atomic mass is 16.6. The van der Waals surface area contributed by atoms with Gasteiger partial charge in [0.15, 0.2) is 0 Å². The lowest BCUT2D eigenvalue weighted by atomic mass is 10.0. The third-order valence-corrected chi connectivity index (χ3v) is 4.38. The molecule has 0 atom stereocenters. The maximum atomic E-state index is 12.3. The molecule has 0 amide bonds. The molecule has 0 aliphatic heterocycles. The molecule has 1 aromatic rings. The molecule has 158 valence electrons. The van der Waals surface area contributed by atoms with Crippen LogP contribution in [0.2, 0.25) is 0 Å². The van der Waals surface area contributed by atoms with Crippen LogP contribution in [0.25, 0.3) is 0 Å². The van der Waals surface area contributed by atoms with E-state index in [1.165, 1.54) is 56.8 Å². The van der Waals surface area contributed by atoms with Crippen LogP contribution >= 0.6 is 0 Å². The van der Waals surface area contributed by atoms with Crippen molar-refractivity contribution >= 4 is 5.97 Å². The van der Waals surface area contributed by atoms with E-state index in [0.717, 1.165) is 19.3 Å². The van der Waals surface area contributed by atoms with E-state index in [9.17, 15) is 4.79 Å². The lowest BCUT2D eigenvalue weighted by Crippen LogP contribution is -2.15. The second-order valence-electron chi connectivity index (χ2n) is 7.11. The molecule has 0 aromatic heterocycles. The van der Waals surface area contributed by atoms with Gasteiger partial charge in [0.05, 0.1) is 13.2 Å². The second-order valence-corrected chi connectivity index (χ2v) is 7.11. The van der Waals surface area contributed by atoms with E-state index in [1.807, 2.05) is 38.1 Å². The van der Waals surface area contributed by atoms with Crippen LogP contribution in [0.3, 0.4) is 0 Å². The van der Waals surface area contributed by atoms with E-state index in [-0.39, 0.29) is 5.76 Å². The van der Waals surface area contributed by atoms with E-state index in [2.05, 4.69) is 6.92 Å². The van der Waals surface area contributed by atoms with Gasteiger partial charge in [-0.2, -0.15) is 0 Å². The van der Waals surface area contributed by atoms with Gasteiger partial charge in [0.1, 0.15) is 12.0 Å². The zero-order valence-electron chi connectivity index (χ0n) is 18.0. The van der Waals surface area contributed by atoms with Crippen LogP contribution in [-0.2, 0) is 20.7 Å². The van der Waals surface area contributed by atoms with Crippen LogP contribution in [0, 0.1) is 0 Å². The van der Waals surface area contributed by atoms with Crippen molar-refractivity contribution in [3.8, 4) is 5.75 Å². The Morgan fingerprint density at radius 3 is 2.11 bits per heavy atom. The van der Waals surface area contributed by atoms with E-state index >= 15 is 0 Å². The third-order valence-electron chi connectivity index (χ3n) is 4.38. The summed E-state index contributed by atoms with van der Waals surface area (Å²) in [4.78, 5) is 12.3. The summed E-state index contributed by atoms with van der Waals surface area (Å²) in [7, 11) is 0. The molecule has 0 saturated heterocycles. The Kier molecular flexibility index (Phi) is 13.8. The monoisotopic (exact) mass is 390 g/mol. The van der Waals surface area contributed by atoms with Crippen LogP contribution in [0.4, 0.5) is 0 Å². The average molecular weight is 391 g/mol. The van der Waals surface area contributed by atoms with E-state index in [1.54, 1.807) is 0 Å². The van der Waals surface area contributed by atoms with Gasteiger partial charge in [-0.05, 0) is 43.4 Å². The Morgan fingerprint density at radius 1 is 0.821 bits per heavy atom. The molecule has 0 aliphatic carbocycles. The van der Waals surface area contributed by atoms with Crippen LogP contribution in [-0.4, -0.2) is 19.2 Å². The van der Waals surface area contributed by atoms with Gasteiger partial charge in [-0.15, -0.1) is 0 Å². The molecule has 0 saturated carbocycles. The Bertz CT molecular complexity index is 548. The second kappa shape index (κ2) is 16.0. The van der Waals surface area contributed by atoms with Crippen molar-refractivity contribution in [2.45, 2.75) is 85.0 Å². The lowest BCUT2D eigenvalue weighted by molar-refractivity contribution is -0.134. The first kappa shape index (κ1) is 24.1. The summed E-state index contributed by atoms with van der Waals surface area (Å²) in [5, 5.41) is 0. The van der Waals surface area contributed by atoms with Gasteiger partial charge < -0.3 is 14.2 Å². The van der Waals surface area contributed by atoms with Crippen molar-refractivity contribution in [3.05, 3.63) is 41.9 Å². The van der Waals surface area contributed by atoms with Gasteiger partial charge >= 0.3 is 5.97 Å². The number of hydrogen-bond acceptors (Lipinski definition) is 4. The molecule has 0 spiro atoms. The number of esters is 1. The van der Waals surface area contributed by atoms with Gasteiger partial charge in [-0.25, -0.2) is 4.79 Å². The minimum atomic E-state index is -0.524. The topological polar surface area (TPSA) is 44.8 Å². The highest BCUT2D eigenvalue weighted by Gasteiger charge is 2.14. The summed E-state index contributed by atoms with van der Waals surface area (Å²) in [6, 6.07) is 7.75. The Labute approximate surface area is 171 Å². The normalized spacial score (nSPS) is 11.3. The fourth-order valence-electron chi connectivity index (χ4n) is 2.77. The smallest absolute Gasteiger partial charge is 0.382 e. The van der Waals surface area contributed by atoms with Crippen molar-refractivity contribution in [2.75, 3.05) is 13.2 Å². The number of aryl methyl sites for hydroxylation is 1. The number of carbonyl (C=O) groups is 1. The van der Waals surface area contributed by atoms with Crippen LogP contribution in [0.5, 0.6) is 5.75 Å². The van der Waals surface area contributed by atoms with Gasteiger partial charge in [0, 0.05) is 0 Å². The van der Waals surface area contributed by atoms with Gasteiger partial charge in [-0.1, -0.05) is 71.4 Å². The Morgan fingerprint density at radius 2 is 1.46 bits per heavy atom. The van der Waals surface area contributed by atoms with E-state index < -0.39 is 5.97 Å². The van der Waals surface area contributed by atoms with E-state index in [0.29, 0.717) is 19.0 Å². The van der Waals surface area contributed by atoms with Crippen LogP contribution < -0.4 is 4.74 Å². The molecule has 28 heavy (non-hydrogen) atoms. The van der Waals surface area contributed by atoms with Crippen molar-refractivity contribution in [1.82, 2.24) is 0 Å². The highest BCUT2D eigenvalue weighted by Crippen LogP contribution is 2.17. The molecule has 4 nitrogen and oxygen atoms in total. The number of benzene rings is 1. The zero-order chi connectivity index (χ0) is 20.5. The molecule has 1 rings (SSSR count). The average Bonchev–Trinajstić information content (AvgIpc) is 2.71. The van der Waals surface area contributed by atoms with E-state index in [4.69, 9.17) is 14.2 Å². The van der Waals surface area contributed by atoms with Gasteiger partial charge in [0.25, 0.3) is 0 Å². The zero-order valence-corrected chi connectivity index (χ0v) is 18.0. The Hall–Kier alpha value is -1.97. The predicted molar refractivity (Wildman–Crippen MR) is 114 cm³/mol. The standard InChI is InChI=1S/C24H38O4/c1-4-7-8-9-10-11-12-13-21-14-16-22(17-15-21)28-24(25)23(27-19-6-3)20-26-18-5-2/h14-17,20H,4-13,18-19H2,1-3H3. The predicted octanol–water partition coefficient (Wildman–Crippen LogP) is 6.58. The summed E-state index contributed by atoms with van der Waals surface area (Å²) in [6.45, 7) is 7.23. The van der Waals surface area contributed by atoms with Gasteiger partial charge in [-0.3, -0.25) is 0 Å². The first-order valence-electron chi connectivity index (χ1n) is 11.0. The van der Waals surface area contributed by atoms with Crippen LogP contribution in [0.15, 0.2) is 36.3 Å². The van der Waals surface area contributed by atoms with Gasteiger partial charge in [0.2, 0.25) is 5.76 Å². The summed E-state index contributed by atoms with van der Waals surface area (Å²) in [5.41, 5.74) is 1.28. The number of unbranched alkanes of at least 4 members (excludes halogenated alkanes) is 6.